The number of ether oxygens (including phenoxy) is 1. The number of carbonyl (C=O) groups is 2. The lowest BCUT2D eigenvalue weighted by Gasteiger charge is -2.33. The molecule has 1 aliphatic rings. The topological polar surface area (TPSA) is 58.6 Å². The van der Waals surface area contributed by atoms with Crippen LogP contribution in [0.5, 0.6) is 5.75 Å². The summed E-state index contributed by atoms with van der Waals surface area (Å²) < 4.78 is 5.20. The number of carbonyl (C=O) groups excluding carboxylic acids is 2. The zero-order valence-corrected chi connectivity index (χ0v) is 18.3. The van der Waals surface area contributed by atoms with Crippen molar-refractivity contribution < 1.29 is 14.3 Å². The van der Waals surface area contributed by atoms with Crippen LogP contribution in [0.4, 0.5) is 0 Å². The predicted molar refractivity (Wildman–Crippen MR) is 119 cm³/mol. The third-order valence-corrected chi connectivity index (χ3v) is 6.00. The van der Waals surface area contributed by atoms with Gasteiger partial charge in [0.25, 0.3) is 5.91 Å². The van der Waals surface area contributed by atoms with Crippen LogP contribution in [0.1, 0.15) is 42.1 Å². The monoisotopic (exact) mass is 428 g/mol. The Morgan fingerprint density at radius 3 is 2.33 bits per heavy atom. The van der Waals surface area contributed by atoms with Crippen molar-refractivity contribution in [2.75, 3.05) is 20.2 Å². The molecular formula is C24H29ClN2O3. The fourth-order valence-corrected chi connectivity index (χ4v) is 3.95. The van der Waals surface area contributed by atoms with E-state index in [0.29, 0.717) is 16.5 Å². The highest BCUT2D eigenvalue weighted by atomic mass is 35.5. The Bertz CT molecular complexity index is 844. The van der Waals surface area contributed by atoms with Crippen LogP contribution >= 0.6 is 11.6 Å². The molecule has 1 aliphatic heterocycles. The van der Waals surface area contributed by atoms with E-state index >= 15 is 0 Å². The Hall–Kier alpha value is -2.53. The number of likely N-dealkylation sites (tertiary alicyclic amines) is 1. The molecule has 0 aliphatic carbocycles. The van der Waals surface area contributed by atoms with Crippen LogP contribution < -0.4 is 10.1 Å². The molecule has 0 radical (unpaired) electrons. The number of piperidine rings is 1. The maximum absolute atomic E-state index is 12.7. The molecule has 6 heteroatoms. The third kappa shape index (κ3) is 5.99. The maximum Gasteiger partial charge on any atom is 0.251 e. The van der Waals surface area contributed by atoms with Gasteiger partial charge in [-0.15, -0.1) is 0 Å². The number of nitrogens with zero attached hydrogens (tertiary/aromatic N) is 1. The zero-order chi connectivity index (χ0) is 21.5. The molecular weight excluding hydrogens is 400 g/mol. The number of methoxy groups -OCH3 is 1. The molecule has 0 saturated carbocycles. The summed E-state index contributed by atoms with van der Waals surface area (Å²) in [5, 5.41) is 3.37. The average Bonchev–Trinajstić information content (AvgIpc) is 2.78. The van der Waals surface area contributed by atoms with Crippen molar-refractivity contribution >= 4 is 23.4 Å². The minimum atomic E-state index is -0.552. The number of halogens is 1. The lowest BCUT2D eigenvalue weighted by molar-refractivity contribution is -0.134. The van der Waals surface area contributed by atoms with Crippen molar-refractivity contribution in [2.24, 2.45) is 5.92 Å². The van der Waals surface area contributed by atoms with Crippen molar-refractivity contribution in [1.82, 2.24) is 10.2 Å². The van der Waals surface area contributed by atoms with Gasteiger partial charge in [-0.05, 0) is 80.5 Å². The molecule has 0 aromatic heterocycles. The summed E-state index contributed by atoms with van der Waals surface area (Å²) in [6.07, 6.45) is 4.16. The van der Waals surface area contributed by atoms with E-state index in [1.807, 2.05) is 17.0 Å². The molecule has 1 unspecified atom stereocenters. The Morgan fingerprint density at radius 1 is 1.10 bits per heavy atom. The smallest absolute Gasteiger partial charge is 0.251 e. The first-order valence-corrected chi connectivity index (χ1v) is 10.8. The molecule has 1 saturated heterocycles. The zero-order valence-electron chi connectivity index (χ0n) is 17.6. The Kier molecular flexibility index (Phi) is 7.75. The fourth-order valence-electron chi connectivity index (χ4n) is 3.82. The van der Waals surface area contributed by atoms with Gasteiger partial charge in [0.15, 0.2) is 0 Å². The lowest BCUT2D eigenvalue weighted by atomic mass is 9.90. The van der Waals surface area contributed by atoms with Crippen molar-refractivity contribution in [3.63, 3.8) is 0 Å². The second kappa shape index (κ2) is 10.5. The van der Waals surface area contributed by atoms with Crippen molar-refractivity contribution in [3.8, 4) is 5.75 Å². The number of benzene rings is 2. The number of hydrogen-bond acceptors (Lipinski definition) is 3. The van der Waals surface area contributed by atoms with E-state index in [1.165, 1.54) is 5.56 Å². The number of aryl methyl sites for hydroxylation is 1. The van der Waals surface area contributed by atoms with Gasteiger partial charge in [-0.3, -0.25) is 9.59 Å². The van der Waals surface area contributed by atoms with Gasteiger partial charge < -0.3 is 15.0 Å². The fraction of sp³-hybridized carbons (Fsp3) is 0.417. The highest BCUT2D eigenvalue weighted by molar-refractivity contribution is 6.30. The number of hydrogen-bond donors (Lipinski definition) is 1. The summed E-state index contributed by atoms with van der Waals surface area (Å²) in [5.41, 5.74) is 1.81. The summed E-state index contributed by atoms with van der Waals surface area (Å²) in [4.78, 5) is 26.9. The number of nitrogens with one attached hydrogen (secondary N) is 1. The van der Waals surface area contributed by atoms with Gasteiger partial charge in [0, 0.05) is 23.7 Å². The van der Waals surface area contributed by atoms with Crippen molar-refractivity contribution in [1.29, 1.82) is 0 Å². The molecule has 2 aromatic carbocycles. The average molecular weight is 429 g/mol. The van der Waals surface area contributed by atoms with Gasteiger partial charge in [0.05, 0.1) is 7.11 Å². The van der Waals surface area contributed by atoms with Crippen molar-refractivity contribution in [2.45, 2.75) is 38.6 Å². The van der Waals surface area contributed by atoms with E-state index in [-0.39, 0.29) is 11.8 Å². The summed E-state index contributed by atoms with van der Waals surface area (Å²) in [6, 6.07) is 14.3. The van der Waals surface area contributed by atoms with Crippen LogP contribution in [-0.2, 0) is 11.2 Å². The van der Waals surface area contributed by atoms with Crippen LogP contribution in [0.15, 0.2) is 48.5 Å². The molecule has 1 N–H and O–H groups in total. The first-order valence-electron chi connectivity index (χ1n) is 10.4. The van der Waals surface area contributed by atoms with Gasteiger partial charge in [0.1, 0.15) is 11.8 Å². The molecule has 2 amide bonds. The molecule has 1 heterocycles. The molecule has 160 valence electrons. The highest BCUT2D eigenvalue weighted by Gasteiger charge is 2.27. The quantitative estimate of drug-likeness (QED) is 0.713. The normalized spacial score (nSPS) is 15.5. The van der Waals surface area contributed by atoms with Crippen LogP contribution in [-0.4, -0.2) is 43.0 Å². The van der Waals surface area contributed by atoms with E-state index < -0.39 is 6.04 Å². The lowest BCUT2D eigenvalue weighted by Crippen LogP contribution is -2.49. The van der Waals surface area contributed by atoms with Crippen LogP contribution in [0, 0.1) is 5.92 Å². The minimum absolute atomic E-state index is 0.0223. The van der Waals surface area contributed by atoms with Crippen LogP contribution in [0.2, 0.25) is 5.02 Å². The standard InChI is InChI=1S/C24H29ClN2O3/c1-17(26-23(28)20-7-9-21(25)10-8-20)24(29)27-15-13-19(14-16-27)4-3-18-5-11-22(30-2)12-6-18/h5-12,17,19H,3-4,13-16H2,1-2H3,(H,26,28). The molecule has 0 bridgehead atoms. The first-order chi connectivity index (χ1) is 14.5. The maximum atomic E-state index is 12.7. The van der Waals surface area contributed by atoms with Gasteiger partial charge in [0.2, 0.25) is 5.91 Å². The van der Waals surface area contributed by atoms with Crippen LogP contribution in [0.3, 0.4) is 0 Å². The van der Waals surface area contributed by atoms with Gasteiger partial charge in [-0.25, -0.2) is 0 Å². The summed E-state index contributed by atoms with van der Waals surface area (Å²) in [5.74, 6) is 1.21. The van der Waals surface area contributed by atoms with E-state index in [4.69, 9.17) is 16.3 Å². The Balaban J connectivity index is 1.42. The van der Waals surface area contributed by atoms with E-state index in [1.54, 1.807) is 38.3 Å². The van der Waals surface area contributed by atoms with E-state index in [9.17, 15) is 9.59 Å². The minimum Gasteiger partial charge on any atom is -0.497 e. The summed E-state index contributed by atoms with van der Waals surface area (Å²) in [6.45, 7) is 3.23. The van der Waals surface area contributed by atoms with Crippen molar-refractivity contribution in [3.05, 3.63) is 64.7 Å². The summed E-state index contributed by atoms with van der Waals surface area (Å²) in [7, 11) is 1.67. The second-order valence-corrected chi connectivity index (χ2v) is 8.29. The molecule has 30 heavy (non-hydrogen) atoms. The number of amides is 2. The summed E-state index contributed by atoms with van der Waals surface area (Å²) >= 11 is 5.86. The molecule has 5 nitrogen and oxygen atoms in total. The third-order valence-electron chi connectivity index (χ3n) is 5.75. The SMILES string of the molecule is COc1ccc(CCC2CCN(C(=O)C(C)NC(=O)c3ccc(Cl)cc3)CC2)cc1. The molecule has 1 fully saturated rings. The Morgan fingerprint density at radius 2 is 1.73 bits per heavy atom. The second-order valence-electron chi connectivity index (χ2n) is 7.86. The van der Waals surface area contributed by atoms with Crippen LogP contribution in [0.25, 0.3) is 0 Å². The van der Waals surface area contributed by atoms with Gasteiger partial charge >= 0.3 is 0 Å². The van der Waals surface area contributed by atoms with Gasteiger partial charge in [-0.1, -0.05) is 23.7 Å². The first kappa shape index (κ1) is 22.2. The largest absolute Gasteiger partial charge is 0.497 e. The van der Waals surface area contributed by atoms with E-state index in [0.717, 1.165) is 44.5 Å². The number of rotatable bonds is 7. The molecule has 0 spiro atoms. The van der Waals surface area contributed by atoms with Gasteiger partial charge in [-0.2, -0.15) is 0 Å². The molecule has 3 rings (SSSR count). The molecule has 2 aromatic rings. The predicted octanol–water partition coefficient (Wildman–Crippen LogP) is 4.34. The van der Waals surface area contributed by atoms with E-state index in [2.05, 4.69) is 17.4 Å². The Labute approximate surface area is 183 Å². The molecule has 1 atom stereocenters. The highest BCUT2D eigenvalue weighted by Crippen LogP contribution is 2.23.